The summed E-state index contributed by atoms with van der Waals surface area (Å²) in [6.45, 7) is 4.51. The van der Waals surface area contributed by atoms with Gasteiger partial charge in [0.2, 0.25) is 5.91 Å². The lowest BCUT2D eigenvalue weighted by atomic mass is 10.0. The van der Waals surface area contributed by atoms with Gasteiger partial charge in [0.15, 0.2) is 5.16 Å². The molecule has 2 unspecified atom stereocenters. The first-order valence-corrected chi connectivity index (χ1v) is 8.51. The van der Waals surface area contributed by atoms with Gasteiger partial charge in [-0.05, 0) is 18.4 Å². The first-order valence-electron chi connectivity index (χ1n) is 7.63. The Morgan fingerprint density at radius 1 is 1.35 bits per heavy atom. The van der Waals surface area contributed by atoms with E-state index in [1.54, 1.807) is 10.8 Å². The third-order valence-electron chi connectivity index (χ3n) is 3.81. The summed E-state index contributed by atoms with van der Waals surface area (Å²) >= 11 is 1.39. The number of nitrogens with zero attached hydrogens (tertiary/aromatic N) is 2. The molecule has 0 radical (unpaired) electrons. The summed E-state index contributed by atoms with van der Waals surface area (Å²) in [6, 6.07) is 10.1. The van der Waals surface area contributed by atoms with Crippen LogP contribution in [0.4, 0.5) is 0 Å². The summed E-state index contributed by atoms with van der Waals surface area (Å²) in [5.41, 5.74) is 1.95. The second-order valence-corrected chi connectivity index (χ2v) is 6.87. The highest BCUT2D eigenvalue weighted by Crippen LogP contribution is 2.22. The van der Waals surface area contributed by atoms with Crippen LogP contribution in [-0.2, 0) is 18.4 Å². The average Bonchev–Trinajstić information content (AvgIpc) is 2.93. The molecule has 1 aromatic carbocycles. The Morgan fingerprint density at radius 3 is 2.65 bits per heavy atom. The minimum atomic E-state index is -0.245. The second kappa shape index (κ2) is 8.17. The first-order chi connectivity index (χ1) is 11.0. The van der Waals surface area contributed by atoms with Crippen molar-refractivity contribution in [1.29, 1.82) is 0 Å². The van der Waals surface area contributed by atoms with Crippen LogP contribution in [0.3, 0.4) is 0 Å². The fourth-order valence-electron chi connectivity index (χ4n) is 2.19. The zero-order chi connectivity index (χ0) is 16.8. The number of benzene rings is 1. The number of aliphatic hydroxyl groups is 1. The molecule has 1 aromatic heterocycles. The minimum Gasteiger partial charge on any atom is -0.390 e. The predicted octanol–water partition coefficient (Wildman–Crippen LogP) is 2.31. The van der Waals surface area contributed by atoms with Crippen molar-refractivity contribution in [1.82, 2.24) is 14.9 Å². The van der Waals surface area contributed by atoms with Gasteiger partial charge < -0.3 is 15.0 Å². The third kappa shape index (κ3) is 4.59. The van der Waals surface area contributed by atoms with Crippen LogP contribution in [0, 0.1) is 0 Å². The Kier molecular flexibility index (Phi) is 6.24. The number of rotatable bonds is 7. The summed E-state index contributed by atoms with van der Waals surface area (Å²) in [4.78, 5) is 16.5. The van der Waals surface area contributed by atoms with Crippen molar-refractivity contribution in [2.75, 3.05) is 6.54 Å². The van der Waals surface area contributed by atoms with Crippen LogP contribution >= 0.6 is 11.8 Å². The molecule has 124 valence electrons. The number of aliphatic hydroxyl groups excluding tert-OH is 1. The van der Waals surface area contributed by atoms with Gasteiger partial charge in [0.1, 0.15) is 0 Å². The Morgan fingerprint density at radius 2 is 2.04 bits per heavy atom. The van der Waals surface area contributed by atoms with Gasteiger partial charge >= 0.3 is 0 Å². The number of carbonyl (C=O) groups is 1. The van der Waals surface area contributed by atoms with Crippen LogP contribution in [0.25, 0.3) is 0 Å². The molecule has 6 heteroatoms. The van der Waals surface area contributed by atoms with Crippen LogP contribution in [0.15, 0.2) is 41.7 Å². The van der Waals surface area contributed by atoms with Crippen molar-refractivity contribution < 1.29 is 9.90 Å². The molecule has 2 rings (SSSR count). The molecule has 2 aromatic rings. The van der Waals surface area contributed by atoms with Crippen LogP contribution < -0.4 is 5.32 Å². The highest BCUT2D eigenvalue weighted by molar-refractivity contribution is 8.00. The summed E-state index contributed by atoms with van der Waals surface area (Å²) in [5.74, 6) is 0.262. The molecule has 2 N–H and O–H groups in total. The highest BCUT2D eigenvalue weighted by atomic mass is 32.2. The van der Waals surface area contributed by atoms with E-state index in [4.69, 9.17) is 0 Å². The summed E-state index contributed by atoms with van der Waals surface area (Å²) in [7, 11) is 1.84. The molecule has 5 nitrogen and oxygen atoms in total. The van der Waals surface area contributed by atoms with E-state index in [0.29, 0.717) is 6.54 Å². The van der Waals surface area contributed by atoms with Gasteiger partial charge in [-0.2, -0.15) is 0 Å². The van der Waals surface area contributed by atoms with Gasteiger partial charge in [-0.15, -0.1) is 0 Å². The smallest absolute Gasteiger partial charge is 0.233 e. The molecule has 0 aliphatic carbocycles. The lowest BCUT2D eigenvalue weighted by molar-refractivity contribution is -0.120. The molecule has 0 bridgehead atoms. The maximum absolute atomic E-state index is 12.3. The van der Waals surface area contributed by atoms with E-state index < -0.39 is 0 Å². The van der Waals surface area contributed by atoms with Gasteiger partial charge in [-0.25, -0.2) is 4.98 Å². The van der Waals surface area contributed by atoms with Gasteiger partial charge in [0.05, 0.1) is 23.7 Å². The number of thioether (sulfide) groups is 1. The van der Waals surface area contributed by atoms with Gasteiger partial charge in [-0.3, -0.25) is 4.79 Å². The fourth-order valence-corrected chi connectivity index (χ4v) is 3.09. The van der Waals surface area contributed by atoms with Gasteiger partial charge in [0, 0.05) is 13.6 Å². The predicted molar refractivity (Wildman–Crippen MR) is 92.3 cm³/mol. The maximum Gasteiger partial charge on any atom is 0.233 e. The molecule has 0 saturated heterocycles. The molecular formula is C17H23N3O2S. The van der Waals surface area contributed by atoms with Crippen molar-refractivity contribution in [3.8, 4) is 0 Å². The standard InChI is InChI=1S/C17H23N3O2S/c1-12(14-7-5-4-6-8-14)9-18-16(22)13(2)23-17-19-10-15(11-21)20(17)3/h4-8,10,12-13,21H,9,11H2,1-3H3,(H,18,22). The molecular weight excluding hydrogens is 310 g/mol. The Balaban J connectivity index is 1.86. The lowest BCUT2D eigenvalue weighted by Gasteiger charge is -2.16. The second-order valence-electron chi connectivity index (χ2n) is 5.57. The zero-order valence-corrected chi connectivity index (χ0v) is 14.5. The van der Waals surface area contributed by atoms with Crippen LogP contribution in [-0.4, -0.2) is 32.4 Å². The van der Waals surface area contributed by atoms with E-state index in [-0.39, 0.29) is 23.7 Å². The third-order valence-corrected chi connectivity index (χ3v) is 4.96. The summed E-state index contributed by atoms with van der Waals surface area (Å²) in [5, 5.41) is 12.7. The van der Waals surface area contributed by atoms with E-state index >= 15 is 0 Å². The molecule has 23 heavy (non-hydrogen) atoms. The lowest BCUT2D eigenvalue weighted by Crippen LogP contribution is -2.33. The number of hydrogen-bond donors (Lipinski definition) is 2. The molecule has 1 heterocycles. The van der Waals surface area contributed by atoms with Gasteiger partial charge in [0.25, 0.3) is 0 Å². The van der Waals surface area contributed by atoms with E-state index in [1.807, 2.05) is 32.2 Å². The number of hydrogen-bond acceptors (Lipinski definition) is 4. The van der Waals surface area contributed by atoms with Crippen LogP contribution in [0.5, 0.6) is 0 Å². The van der Waals surface area contributed by atoms with Crippen LogP contribution in [0.1, 0.15) is 31.0 Å². The minimum absolute atomic E-state index is 0.00803. The van der Waals surface area contributed by atoms with Crippen molar-refractivity contribution in [2.45, 2.75) is 36.8 Å². The normalized spacial score (nSPS) is 13.6. The van der Waals surface area contributed by atoms with Crippen molar-refractivity contribution >= 4 is 17.7 Å². The highest BCUT2D eigenvalue weighted by Gasteiger charge is 2.18. The van der Waals surface area contributed by atoms with E-state index in [9.17, 15) is 9.90 Å². The average molecular weight is 333 g/mol. The Labute approximate surface area is 141 Å². The molecule has 2 atom stereocenters. The number of nitrogens with one attached hydrogen (secondary N) is 1. The molecule has 0 aliphatic heterocycles. The quantitative estimate of drug-likeness (QED) is 0.763. The number of carbonyl (C=O) groups excluding carboxylic acids is 1. The first kappa shape index (κ1) is 17.6. The largest absolute Gasteiger partial charge is 0.390 e. The van der Waals surface area contributed by atoms with Crippen molar-refractivity contribution in [3.63, 3.8) is 0 Å². The van der Waals surface area contributed by atoms with E-state index in [1.165, 1.54) is 17.3 Å². The molecule has 0 spiro atoms. The topological polar surface area (TPSA) is 67.2 Å². The SMILES string of the molecule is CC(Sc1ncc(CO)n1C)C(=O)NCC(C)c1ccccc1. The van der Waals surface area contributed by atoms with E-state index in [2.05, 4.69) is 29.4 Å². The monoisotopic (exact) mass is 333 g/mol. The number of amides is 1. The molecule has 0 saturated carbocycles. The fraction of sp³-hybridized carbons (Fsp3) is 0.412. The number of imidazole rings is 1. The van der Waals surface area contributed by atoms with E-state index in [0.717, 1.165) is 10.9 Å². The summed E-state index contributed by atoms with van der Waals surface area (Å²) in [6.07, 6.45) is 1.63. The zero-order valence-electron chi connectivity index (χ0n) is 13.7. The van der Waals surface area contributed by atoms with Crippen LogP contribution in [0.2, 0.25) is 0 Å². The molecule has 0 aliphatic rings. The summed E-state index contributed by atoms with van der Waals surface area (Å²) < 4.78 is 1.81. The Hall–Kier alpha value is -1.79. The van der Waals surface area contributed by atoms with Crippen molar-refractivity contribution in [2.24, 2.45) is 7.05 Å². The maximum atomic E-state index is 12.3. The number of aromatic nitrogens is 2. The van der Waals surface area contributed by atoms with Gasteiger partial charge in [-0.1, -0.05) is 49.0 Å². The molecule has 1 amide bonds. The van der Waals surface area contributed by atoms with Crippen molar-refractivity contribution in [3.05, 3.63) is 47.8 Å². The molecule has 0 fully saturated rings. The Bertz CT molecular complexity index is 643.